The van der Waals surface area contributed by atoms with Crippen molar-refractivity contribution < 1.29 is 9.59 Å². The first-order valence-electron chi connectivity index (χ1n) is 7.66. The molecule has 124 valence electrons. The number of allylic oxidation sites excluding steroid dienone is 1. The second kappa shape index (κ2) is 6.49. The molecule has 1 aromatic carbocycles. The monoisotopic (exact) mass is 341 g/mol. The summed E-state index contributed by atoms with van der Waals surface area (Å²) < 4.78 is 0. The Kier molecular flexibility index (Phi) is 4.40. The van der Waals surface area contributed by atoms with E-state index in [-0.39, 0.29) is 11.9 Å². The average Bonchev–Trinajstić information content (AvgIpc) is 3.04. The largest absolute Gasteiger partial charge is 0.326 e. The van der Waals surface area contributed by atoms with E-state index < -0.39 is 6.04 Å². The zero-order valence-electron chi connectivity index (χ0n) is 13.8. The van der Waals surface area contributed by atoms with Gasteiger partial charge in [-0.05, 0) is 55.5 Å². The van der Waals surface area contributed by atoms with Crippen molar-refractivity contribution in [3.63, 3.8) is 0 Å². The van der Waals surface area contributed by atoms with Crippen molar-refractivity contribution in [2.75, 3.05) is 5.32 Å². The molecule has 1 atom stereocenters. The molecule has 5 nitrogen and oxygen atoms in total. The topological polar surface area (TPSA) is 70.2 Å². The number of urea groups is 1. The van der Waals surface area contributed by atoms with E-state index in [1.807, 2.05) is 49.6 Å². The van der Waals surface area contributed by atoms with Crippen molar-refractivity contribution in [2.45, 2.75) is 26.8 Å². The first kappa shape index (κ1) is 16.3. The number of benzene rings is 1. The number of nitrogens with one attached hydrogen (secondary N) is 3. The third-order valence-electron chi connectivity index (χ3n) is 4.11. The summed E-state index contributed by atoms with van der Waals surface area (Å²) in [5.74, 6) is -0.221. The quantitative estimate of drug-likeness (QED) is 0.798. The summed E-state index contributed by atoms with van der Waals surface area (Å²) in [5, 5.41) is 10.4. The van der Waals surface area contributed by atoms with Crippen LogP contribution in [0.5, 0.6) is 0 Å². The lowest BCUT2D eigenvalue weighted by molar-refractivity contribution is -0.113. The van der Waals surface area contributed by atoms with Crippen LogP contribution in [0.2, 0.25) is 0 Å². The van der Waals surface area contributed by atoms with Crippen molar-refractivity contribution >= 4 is 29.0 Å². The summed E-state index contributed by atoms with van der Waals surface area (Å²) in [6.07, 6.45) is 0. The van der Waals surface area contributed by atoms with Crippen molar-refractivity contribution in [2.24, 2.45) is 0 Å². The molecule has 3 amide bonds. The van der Waals surface area contributed by atoms with E-state index in [1.165, 1.54) is 16.9 Å². The first-order valence-corrected chi connectivity index (χ1v) is 8.54. The van der Waals surface area contributed by atoms with Crippen molar-refractivity contribution in [1.29, 1.82) is 0 Å². The lowest BCUT2D eigenvalue weighted by Gasteiger charge is -2.27. The molecular formula is C18H19N3O2S. The second-order valence-corrected chi connectivity index (χ2v) is 6.82. The van der Waals surface area contributed by atoms with Gasteiger partial charge in [-0.1, -0.05) is 12.1 Å². The highest BCUT2D eigenvalue weighted by atomic mass is 32.1. The lowest BCUT2D eigenvalue weighted by atomic mass is 10.0. The fourth-order valence-electron chi connectivity index (χ4n) is 2.68. The maximum atomic E-state index is 12.8. The van der Waals surface area contributed by atoms with Crippen LogP contribution in [0.3, 0.4) is 0 Å². The summed E-state index contributed by atoms with van der Waals surface area (Å²) in [6, 6.07) is 8.88. The van der Waals surface area contributed by atoms with E-state index in [1.54, 1.807) is 6.92 Å². The number of rotatable bonds is 3. The molecule has 3 N–H and O–H groups in total. The molecule has 2 heterocycles. The van der Waals surface area contributed by atoms with Crippen LogP contribution < -0.4 is 16.0 Å². The van der Waals surface area contributed by atoms with Crippen LogP contribution in [-0.4, -0.2) is 11.9 Å². The van der Waals surface area contributed by atoms with Gasteiger partial charge in [0.1, 0.15) is 0 Å². The lowest BCUT2D eigenvalue weighted by Crippen LogP contribution is -2.45. The van der Waals surface area contributed by atoms with Gasteiger partial charge in [0.05, 0.1) is 11.6 Å². The van der Waals surface area contributed by atoms with E-state index in [2.05, 4.69) is 16.0 Å². The molecule has 0 radical (unpaired) electrons. The summed E-state index contributed by atoms with van der Waals surface area (Å²) in [4.78, 5) is 25.6. The molecular weight excluding hydrogens is 322 g/mol. The molecule has 24 heavy (non-hydrogen) atoms. The van der Waals surface area contributed by atoms with Crippen LogP contribution in [0.1, 0.15) is 29.0 Å². The molecule has 1 aliphatic heterocycles. The third kappa shape index (κ3) is 3.19. The van der Waals surface area contributed by atoms with Gasteiger partial charge < -0.3 is 16.0 Å². The summed E-state index contributed by atoms with van der Waals surface area (Å²) in [6.45, 7) is 5.78. The van der Waals surface area contributed by atoms with Gasteiger partial charge in [-0.2, -0.15) is 0 Å². The number of thiophene rings is 1. The van der Waals surface area contributed by atoms with E-state index in [0.717, 1.165) is 16.1 Å². The van der Waals surface area contributed by atoms with E-state index in [4.69, 9.17) is 0 Å². The zero-order valence-corrected chi connectivity index (χ0v) is 14.6. The maximum Gasteiger partial charge on any atom is 0.319 e. The summed E-state index contributed by atoms with van der Waals surface area (Å²) >= 11 is 1.51. The van der Waals surface area contributed by atoms with Gasteiger partial charge in [0, 0.05) is 16.3 Å². The molecule has 0 aliphatic carbocycles. The highest BCUT2D eigenvalue weighted by molar-refractivity contribution is 7.10. The van der Waals surface area contributed by atoms with E-state index in [0.29, 0.717) is 11.3 Å². The van der Waals surface area contributed by atoms with E-state index >= 15 is 0 Å². The number of carbonyl (C=O) groups is 2. The Bertz CT molecular complexity index is 825. The van der Waals surface area contributed by atoms with Crippen LogP contribution in [0.25, 0.3) is 0 Å². The van der Waals surface area contributed by atoms with Crippen molar-refractivity contribution in [3.05, 3.63) is 63.0 Å². The molecule has 2 aromatic rings. The van der Waals surface area contributed by atoms with Crippen LogP contribution in [-0.2, 0) is 4.79 Å². The van der Waals surface area contributed by atoms with Crippen LogP contribution >= 0.6 is 11.3 Å². The van der Waals surface area contributed by atoms with Crippen LogP contribution in [0.15, 0.2) is 47.0 Å². The van der Waals surface area contributed by atoms with Gasteiger partial charge in [-0.25, -0.2) is 4.79 Å². The number of carbonyl (C=O) groups excluding carboxylic acids is 2. The molecule has 0 spiro atoms. The number of hydrogen-bond donors (Lipinski definition) is 3. The minimum absolute atomic E-state index is 0.221. The van der Waals surface area contributed by atoms with Gasteiger partial charge in [0.15, 0.2) is 0 Å². The molecule has 0 saturated carbocycles. The fourth-order valence-corrected chi connectivity index (χ4v) is 3.47. The van der Waals surface area contributed by atoms with Gasteiger partial charge in [0.25, 0.3) is 5.91 Å². The Morgan fingerprint density at radius 2 is 1.96 bits per heavy atom. The van der Waals surface area contributed by atoms with Gasteiger partial charge in [0.2, 0.25) is 0 Å². The smallest absolute Gasteiger partial charge is 0.319 e. The molecule has 0 unspecified atom stereocenters. The minimum atomic E-state index is -0.440. The van der Waals surface area contributed by atoms with Crippen LogP contribution in [0, 0.1) is 13.8 Å². The zero-order chi connectivity index (χ0) is 17.3. The highest BCUT2D eigenvalue weighted by Crippen LogP contribution is 2.30. The Hall–Kier alpha value is -2.60. The highest BCUT2D eigenvalue weighted by Gasteiger charge is 2.31. The average molecular weight is 341 g/mol. The van der Waals surface area contributed by atoms with Crippen molar-refractivity contribution in [3.8, 4) is 0 Å². The fraction of sp³-hybridized carbons (Fsp3) is 0.222. The number of amides is 3. The van der Waals surface area contributed by atoms with Gasteiger partial charge in [-0.3, -0.25) is 4.79 Å². The third-order valence-corrected chi connectivity index (χ3v) is 5.04. The molecule has 0 saturated heterocycles. The standard InChI is InChI=1S/C18H19N3O2S/c1-10-6-7-13(9-11(10)2)20-17(22)15-12(3)19-18(23)21-16(15)14-5-4-8-24-14/h4-9,16H,1-3H3,(H,20,22)(H2,19,21,23)/t16-/m1/s1. The first-order chi connectivity index (χ1) is 11.5. The molecule has 1 aromatic heterocycles. The molecule has 3 rings (SSSR count). The van der Waals surface area contributed by atoms with Gasteiger partial charge in [-0.15, -0.1) is 11.3 Å². The predicted octanol–water partition coefficient (Wildman–Crippen LogP) is 3.63. The molecule has 6 heteroatoms. The number of anilines is 1. The molecule has 0 bridgehead atoms. The summed E-state index contributed by atoms with van der Waals surface area (Å²) in [7, 11) is 0. The Morgan fingerprint density at radius 1 is 1.17 bits per heavy atom. The van der Waals surface area contributed by atoms with Crippen LogP contribution in [0.4, 0.5) is 10.5 Å². The molecule has 0 fully saturated rings. The minimum Gasteiger partial charge on any atom is -0.326 e. The number of aryl methyl sites for hydroxylation is 2. The number of hydrogen-bond acceptors (Lipinski definition) is 3. The van der Waals surface area contributed by atoms with Gasteiger partial charge >= 0.3 is 6.03 Å². The Labute approximate surface area is 144 Å². The second-order valence-electron chi connectivity index (χ2n) is 5.84. The summed E-state index contributed by atoms with van der Waals surface area (Å²) in [5.41, 5.74) is 4.12. The normalized spacial score (nSPS) is 17.3. The van der Waals surface area contributed by atoms with E-state index in [9.17, 15) is 9.59 Å². The maximum absolute atomic E-state index is 12.8. The molecule has 1 aliphatic rings. The van der Waals surface area contributed by atoms with Crippen molar-refractivity contribution in [1.82, 2.24) is 10.6 Å². The SMILES string of the molecule is CC1=C(C(=O)Nc2ccc(C)c(C)c2)[C@@H](c2cccs2)NC(=O)N1. The Morgan fingerprint density at radius 3 is 2.62 bits per heavy atom. The predicted molar refractivity (Wildman–Crippen MR) is 96.0 cm³/mol. The Balaban J connectivity index is 1.91.